The van der Waals surface area contributed by atoms with E-state index in [0.29, 0.717) is 25.3 Å². The van der Waals surface area contributed by atoms with Gasteiger partial charge in [-0.1, -0.05) is 0 Å². The van der Waals surface area contributed by atoms with Gasteiger partial charge in [-0.15, -0.1) is 0 Å². The Hall–Kier alpha value is -2.22. The van der Waals surface area contributed by atoms with Crippen LogP contribution < -0.4 is 5.32 Å². The third-order valence-electron chi connectivity index (χ3n) is 3.11. The summed E-state index contributed by atoms with van der Waals surface area (Å²) >= 11 is 0. The molecule has 108 valence electrons. The summed E-state index contributed by atoms with van der Waals surface area (Å²) in [7, 11) is 0. The summed E-state index contributed by atoms with van der Waals surface area (Å²) in [5.74, 6) is -0.0295. The first-order valence-corrected chi connectivity index (χ1v) is 6.38. The number of nitrogens with one attached hydrogen (secondary N) is 1. The molecule has 2 heterocycles. The van der Waals surface area contributed by atoms with Crippen LogP contribution in [0.4, 0.5) is 11.5 Å². The number of aromatic nitrogens is 1. The Morgan fingerprint density at radius 1 is 1.70 bits per heavy atom. The van der Waals surface area contributed by atoms with Gasteiger partial charge in [0.1, 0.15) is 12.0 Å². The van der Waals surface area contributed by atoms with E-state index in [1.807, 2.05) is 6.92 Å². The van der Waals surface area contributed by atoms with E-state index in [-0.39, 0.29) is 23.7 Å². The molecule has 1 unspecified atom stereocenters. The molecule has 0 radical (unpaired) electrons. The average molecular weight is 280 g/mol. The topological polar surface area (TPSA) is 109 Å². The summed E-state index contributed by atoms with van der Waals surface area (Å²) in [5, 5.41) is 23.2. The van der Waals surface area contributed by atoms with Crippen molar-refractivity contribution >= 4 is 17.4 Å². The van der Waals surface area contributed by atoms with Gasteiger partial charge in [-0.2, -0.15) is 0 Å². The second-order valence-electron chi connectivity index (χ2n) is 4.57. The molecule has 8 heteroatoms. The first-order valence-electron chi connectivity index (χ1n) is 6.38. The third kappa shape index (κ3) is 2.85. The predicted molar refractivity (Wildman–Crippen MR) is 71.6 cm³/mol. The van der Waals surface area contributed by atoms with E-state index in [2.05, 4.69) is 10.3 Å². The van der Waals surface area contributed by atoms with Crippen LogP contribution >= 0.6 is 0 Å². The predicted octanol–water partition coefficient (Wildman–Crippen LogP) is 0.628. The third-order valence-corrected chi connectivity index (χ3v) is 3.11. The quantitative estimate of drug-likeness (QED) is 0.618. The maximum atomic E-state index is 12.4. The smallest absolute Gasteiger partial charge is 0.288 e. The Kier molecular flexibility index (Phi) is 4.14. The highest BCUT2D eigenvalue weighted by Crippen LogP contribution is 2.22. The number of likely N-dealkylation sites (tertiary alicyclic amines) is 1. The minimum absolute atomic E-state index is 0.162. The number of hydrogen-bond donors (Lipinski definition) is 2. The lowest BCUT2D eigenvalue weighted by molar-refractivity contribution is -0.385. The van der Waals surface area contributed by atoms with Crippen molar-refractivity contribution in [3.05, 3.63) is 27.9 Å². The number of hydrogen-bond acceptors (Lipinski definition) is 6. The monoisotopic (exact) mass is 280 g/mol. The molecule has 1 aliphatic rings. The summed E-state index contributed by atoms with van der Waals surface area (Å²) in [6.45, 7) is 3.08. The van der Waals surface area contributed by atoms with Crippen LogP contribution in [0.1, 0.15) is 23.7 Å². The maximum Gasteiger partial charge on any atom is 0.288 e. The van der Waals surface area contributed by atoms with Gasteiger partial charge in [-0.05, 0) is 13.3 Å². The van der Waals surface area contributed by atoms with Gasteiger partial charge in [-0.3, -0.25) is 14.9 Å². The van der Waals surface area contributed by atoms with Crippen LogP contribution in [0.3, 0.4) is 0 Å². The maximum absolute atomic E-state index is 12.4. The van der Waals surface area contributed by atoms with Gasteiger partial charge in [0.2, 0.25) is 0 Å². The molecule has 1 aromatic heterocycles. The molecule has 0 bridgehead atoms. The molecule has 8 nitrogen and oxygen atoms in total. The number of nitro groups is 1. The van der Waals surface area contributed by atoms with Crippen molar-refractivity contribution in [1.29, 1.82) is 0 Å². The van der Waals surface area contributed by atoms with Gasteiger partial charge in [0.25, 0.3) is 11.6 Å². The van der Waals surface area contributed by atoms with Crippen molar-refractivity contribution in [3.8, 4) is 0 Å². The molecule has 1 fully saturated rings. The van der Waals surface area contributed by atoms with Crippen LogP contribution in [-0.2, 0) is 0 Å². The molecular weight excluding hydrogens is 264 g/mol. The molecule has 0 spiro atoms. The highest BCUT2D eigenvalue weighted by atomic mass is 16.6. The second kappa shape index (κ2) is 5.83. The summed E-state index contributed by atoms with van der Waals surface area (Å²) in [4.78, 5) is 28.0. The van der Waals surface area contributed by atoms with Crippen LogP contribution in [0.2, 0.25) is 0 Å². The van der Waals surface area contributed by atoms with Crippen molar-refractivity contribution in [2.24, 2.45) is 0 Å². The molecule has 2 rings (SSSR count). The summed E-state index contributed by atoms with van der Waals surface area (Å²) < 4.78 is 0. The van der Waals surface area contributed by atoms with Gasteiger partial charge in [0.15, 0.2) is 0 Å². The molecule has 0 aliphatic carbocycles. The zero-order valence-electron chi connectivity index (χ0n) is 11.1. The largest absolute Gasteiger partial charge is 0.391 e. The number of aliphatic hydroxyl groups excluding tert-OH is 1. The van der Waals surface area contributed by atoms with Gasteiger partial charge < -0.3 is 15.3 Å². The van der Waals surface area contributed by atoms with E-state index in [0.717, 1.165) is 6.20 Å². The van der Waals surface area contributed by atoms with E-state index in [1.54, 1.807) is 0 Å². The normalized spacial score (nSPS) is 18.1. The number of aliphatic hydroxyl groups is 1. The van der Waals surface area contributed by atoms with Gasteiger partial charge in [-0.25, -0.2) is 4.98 Å². The number of amides is 1. The average Bonchev–Trinajstić information content (AvgIpc) is 2.85. The molecule has 1 aromatic rings. The van der Waals surface area contributed by atoms with Crippen LogP contribution in [0.5, 0.6) is 0 Å². The standard InChI is InChI=1S/C12H16N4O4/c1-2-13-11-10(5-8(6-14-11)16(19)20)12(18)15-4-3-9(17)7-15/h5-6,9,17H,2-4,7H2,1H3,(H,13,14). The number of carbonyl (C=O) groups is 1. The van der Waals surface area contributed by atoms with Gasteiger partial charge >= 0.3 is 0 Å². The van der Waals surface area contributed by atoms with Crippen molar-refractivity contribution < 1.29 is 14.8 Å². The summed E-state index contributed by atoms with van der Waals surface area (Å²) in [5.41, 5.74) is -0.0649. The molecular formula is C12H16N4O4. The fourth-order valence-electron chi connectivity index (χ4n) is 2.12. The summed E-state index contributed by atoms with van der Waals surface area (Å²) in [6, 6.07) is 1.22. The van der Waals surface area contributed by atoms with E-state index in [4.69, 9.17) is 0 Å². The van der Waals surface area contributed by atoms with Crippen LogP contribution in [0.25, 0.3) is 0 Å². The van der Waals surface area contributed by atoms with E-state index in [1.165, 1.54) is 11.0 Å². The Labute approximate surface area is 115 Å². The highest BCUT2D eigenvalue weighted by Gasteiger charge is 2.28. The fraction of sp³-hybridized carbons (Fsp3) is 0.500. The molecule has 0 saturated carbocycles. The number of β-amino-alcohol motifs (C(OH)–C–C–N with tert-alkyl or cyclic N) is 1. The Balaban J connectivity index is 2.33. The Morgan fingerprint density at radius 3 is 3.00 bits per heavy atom. The van der Waals surface area contributed by atoms with E-state index in [9.17, 15) is 20.0 Å². The second-order valence-corrected chi connectivity index (χ2v) is 4.57. The van der Waals surface area contributed by atoms with Gasteiger partial charge in [0, 0.05) is 25.7 Å². The minimum Gasteiger partial charge on any atom is -0.391 e. The van der Waals surface area contributed by atoms with E-state index >= 15 is 0 Å². The molecule has 1 amide bonds. The molecule has 1 atom stereocenters. The zero-order valence-corrected chi connectivity index (χ0v) is 11.1. The lowest BCUT2D eigenvalue weighted by atomic mass is 10.2. The lowest BCUT2D eigenvalue weighted by Gasteiger charge is -2.17. The van der Waals surface area contributed by atoms with Crippen molar-refractivity contribution in [2.45, 2.75) is 19.4 Å². The number of nitrogens with zero attached hydrogens (tertiary/aromatic N) is 3. The molecule has 1 aliphatic heterocycles. The molecule has 1 saturated heterocycles. The highest BCUT2D eigenvalue weighted by molar-refractivity contribution is 5.99. The number of carbonyl (C=O) groups excluding carboxylic acids is 1. The first-order chi connectivity index (χ1) is 9.52. The van der Waals surface area contributed by atoms with Crippen LogP contribution in [0.15, 0.2) is 12.3 Å². The Morgan fingerprint density at radius 2 is 2.45 bits per heavy atom. The fourth-order valence-corrected chi connectivity index (χ4v) is 2.12. The minimum atomic E-state index is -0.585. The van der Waals surface area contributed by atoms with Crippen molar-refractivity contribution in [3.63, 3.8) is 0 Å². The first kappa shape index (κ1) is 14.2. The molecule has 0 aromatic carbocycles. The molecule has 20 heavy (non-hydrogen) atoms. The SMILES string of the molecule is CCNc1ncc([N+](=O)[O-])cc1C(=O)N1CCC(O)C1. The van der Waals surface area contributed by atoms with Crippen molar-refractivity contribution in [2.75, 3.05) is 25.0 Å². The van der Waals surface area contributed by atoms with Gasteiger partial charge in [0.05, 0.1) is 16.6 Å². The van der Waals surface area contributed by atoms with Crippen molar-refractivity contribution in [1.82, 2.24) is 9.88 Å². The van der Waals surface area contributed by atoms with Crippen LogP contribution in [-0.4, -0.2) is 51.6 Å². The number of rotatable bonds is 4. The van der Waals surface area contributed by atoms with E-state index < -0.39 is 11.0 Å². The Bertz CT molecular complexity index is 534. The number of pyridine rings is 1. The van der Waals surface area contributed by atoms with Crippen LogP contribution in [0, 0.1) is 10.1 Å². The lowest BCUT2D eigenvalue weighted by Crippen LogP contribution is -2.30. The number of anilines is 1. The molecule has 2 N–H and O–H groups in total. The zero-order chi connectivity index (χ0) is 14.7. The summed E-state index contributed by atoms with van der Waals surface area (Å²) in [6.07, 6.45) is 1.10.